The molecule has 17 heavy (non-hydrogen) atoms. The summed E-state index contributed by atoms with van der Waals surface area (Å²) in [6, 6.07) is 13.0. The van der Waals surface area contributed by atoms with Gasteiger partial charge in [0, 0.05) is 16.1 Å². The third kappa shape index (κ3) is 2.79. The Morgan fingerprint density at radius 1 is 1.24 bits per heavy atom. The molecule has 1 N–H and O–H groups in total. The van der Waals surface area contributed by atoms with E-state index in [1.807, 2.05) is 24.3 Å². The van der Waals surface area contributed by atoms with Gasteiger partial charge in [0.05, 0.1) is 6.54 Å². The first-order valence-corrected chi connectivity index (χ1v) is 6.68. The van der Waals surface area contributed by atoms with E-state index < -0.39 is 0 Å². The molecule has 1 aromatic heterocycles. The van der Waals surface area contributed by atoms with Gasteiger partial charge >= 0.3 is 0 Å². The van der Waals surface area contributed by atoms with Crippen LogP contribution in [0.5, 0.6) is 0 Å². The van der Waals surface area contributed by atoms with Crippen LogP contribution in [-0.2, 0) is 6.54 Å². The van der Waals surface area contributed by atoms with Crippen LogP contribution in [0.25, 0.3) is 11.3 Å². The summed E-state index contributed by atoms with van der Waals surface area (Å²) in [6.07, 6.45) is 2.61. The Balaban J connectivity index is 1.74. The van der Waals surface area contributed by atoms with Crippen LogP contribution in [0, 0.1) is 0 Å². The second-order valence-corrected chi connectivity index (χ2v) is 5.35. The van der Waals surface area contributed by atoms with E-state index in [4.69, 9.17) is 4.42 Å². The number of nitrogens with one attached hydrogen (secondary N) is 1. The fraction of sp³-hybridized carbons (Fsp3) is 0.286. The maximum absolute atomic E-state index is 5.82. The second kappa shape index (κ2) is 4.67. The third-order valence-electron chi connectivity index (χ3n) is 2.91. The van der Waals surface area contributed by atoms with Crippen molar-refractivity contribution < 1.29 is 4.42 Å². The predicted octanol–water partition coefficient (Wildman–Crippen LogP) is 3.96. The lowest BCUT2D eigenvalue weighted by Gasteiger charge is -2.00. The molecular weight excluding hydrogens is 278 g/mol. The standard InChI is InChI=1S/C14H14BrNO/c15-11-3-1-2-10(8-11)14-7-6-13(17-14)9-16-12-4-5-12/h1-3,6-8,12,16H,4-5,9H2. The van der Waals surface area contributed by atoms with Gasteiger partial charge in [-0.2, -0.15) is 0 Å². The van der Waals surface area contributed by atoms with Crippen molar-refractivity contribution in [2.24, 2.45) is 0 Å². The maximum atomic E-state index is 5.82. The van der Waals surface area contributed by atoms with Crippen LogP contribution in [-0.4, -0.2) is 6.04 Å². The van der Waals surface area contributed by atoms with Gasteiger partial charge in [0.1, 0.15) is 11.5 Å². The van der Waals surface area contributed by atoms with Crippen LogP contribution in [0.2, 0.25) is 0 Å². The van der Waals surface area contributed by atoms with Crippen LogP contribution in [0.3, 0.4) is 0 Å². The summed E-state index contributed by atoms with van der Waals surface area (Å²) < 4.78 is 6.89. The Kier molecular flexibility index (Phi) is 3.04. The Hall–Kier alpha value is -1.06. The van der Waals surface area contributed by atoms with Gasteiger partial charge in [-0.1, -0.05) is 28.1 Å². The summed E-state index contributed by atoms with van der Waals surface area (Å²) >= 11 is 3.47. The Morgan fingerprint density at radius 3 is 2.88 bits per heavy atom. The first-order valence-electron chi connectivity index (χ1n) is 5.89. The Morgan fingerprint density at radius 2 is 2.12 bits per heavy atom. The molecule has 1 saturated carbocycles. The molecule has 3 rings (SSSR count). The lowest BCUT2D eigenvalue weighted by molar-refractivity contribution is 0.492. The van der Waals surface area contributed by atoms with E-state index in [0.29, 0.717) is 0 Å². The summed E-state index contributed by atoms with van der Waals surface area (Å²) in [6.45, 7) is 0.832. The largest absolute Gasteiger partial charge is 0.460 e. The van der Waals surface area contributed by atoms with Crippen molar-refractivity contribution in [2.75, 3.05) is 0 Å². The minimum Gasteiger partial charge on any atom is -0.460 e. The monoisotopic (exact) mass is 291 g/mol. The minimum atomic E-state index is 0.717. The first kappa shape index (κ1) is 11.1. The molecule has 0 amide bonds. The van der Waals surface area contributed by atoms with Crippen molar-refractivity contribution in [3.8, 4) is 11.3 Å². The van der Waals surface area contributed by atoms with Gasteiger partial charge in [0.25, 0.3) is 0 Å². The lowest BCUT2D eigenvalue weighted by atomic mass is 10.2. The Bertz CT molecular complexity index is 516. The molecule has 1 aliphatic carbocycles. The van der Waals surface area contributed by atoms with E-state index in [-0.39, 0.29) is 0 Å². The molecule has 0 radical (unpaired) electrons. The van der Waals surface area contributed by atoms with Crippen molar-refractivity contribution in [2.45, 2.75) is 25.4 Å². The highest BCUT2D eigenvalue weighted by Gasteiger charge is 2.20. The van der Waals surface area contributed by atoms with Gasteiger partial charge in [-0.15, -0.1) is 0 Å². The van der Waals surface area contributed by atoms with Crippen molar-refractivity contribution in [1.29, 1.82) is 0 Å². The van der Waals surface area contributed by atoms with Gasteiger partial charge in [0.2, 0.25) is 0 Å². The van der Waals surface area contributed by atoms with Crippen LogP contribution < -0.4 is 5.32 Å². The molecule has 1 aromatic carbocycles. The van der Waals surface area contributed by atoms with Gasteiger partial charge in [-0.3, -0.25) is 0 Å². The predicted molar refractivity (Wildman–Crippen MR) is 71.7 cm³/mol. The van der Waals surface area contributed by atoms with Crippen LogP contribution >= 0.6 is 15.9 Å². The number of hydrogen-bond donors (Lipinski definition) is 1. The average Bonchev–Trinajstić information content (AvgIpc) is 3.04. The normalized spacial score (nSPS) is 15.1. The van der Waals surface area contributed by atoms with E-state index in [1.165, 1.54) is 12.8 Å². The van der Waals surface area contributed by atoms with Gasteiger partial charge in [0.15, 0.2) is 0 Å². The molecule has 1 aliphatic rings. The fourth-order valence-electron chi connectivity index (χ4n) is 1.80. The molecule has 0 saturated heterocycles. The second-order valence-electron chi connectivity index (χ2n) is 4.43. The van der Waals surface area contributed by atoms with Crippen molar-refractivity contribution in [3.63, 3.8) is 0 Å². The summed E-state index contributed by atoms with van der Waals surface area (Å²) in [5.74, 6) is 1.94. The molecule has 1 fully saturated rings. The number of furan rings is 1. The van der Waals surface area contributed by atoms with E-state index in [1.54, 1.807) is 0 Å². The molecule has 2 aromatic rings. The smallest absolute Gasteiger partial charge is 0.134 e. The summed E-state index contributed by atoms with van der Waals surface area (Å²) in [4.78, 5) is 0. The van der Waals surface area contributed by atoms with Crippen molar-refractivity contribution in [3.05, 3.63) is 46.6 Å². The molecule has 1 heterocycles. The highest BCUT2D eigenvalue weighted by Crippen LogP contribution is 2.25. The van der Waals surface area contributed by atoms with Crippen LogP contribution in [0.15, 0.2) is 45.3 Å². The van der Waals surface area contributed by atoms with Crippen molar-refractivity contribution in [1.82, 2.24) is 5.32 Å². The molecular formula is C14H14BrNO. The molecule has 0 unspecified atom stereocenters. The number of benzene rings is 1. The highest BCUT2D eigenvalue weighted by atomic mass is 79.9. The molecule has 3 heteroatoms. The first-order chi connectivity index (χ1) is 8.31. The number of halogens is 1. The molecule has 0 aliphatic heterocycles. The summed E-state index contributed by atoms with van der Waals surface area (Å²) in [5, 5.41) is 3.45. The van der Waals surface area contributed by atoms with Crippen LogP contribution in [0.4, 0.5) is 0 Å². The van der Waals surface area contributed by atoms with Gasteiger partial charge < -0.3 is 9.73 Å². The SMILES string of the molecule is Brc1cccc(-c2ccc(CNC3CC3)o2)c1. The highest BCUT2D eigenvalue weighted by molar-refractivity contribution is 9.10. The van der Waals surface area contributed by atoms with Crippen molar-refractivity contribution >= 4 is 15.9 Å². The zero-order valence-electron chi connectivity index (χ0n) is 9.45. The zero-order valence-corrected chi connectivity index (χ0v) is 11.0. The van der Waals surface area contributed by atoms with Gasteiger partial charge in [-0.25, -0.2) is 0 Å². The number of rotatable bonds is 4. The molecule has 0 atom stereocenters. The molecule has 88 valence electrons. The molecule has 0 spiro atoms. The Labute approximate surface area is 109 Å². The summed E-state index contributed by atoms with van der Waals surface area (Å²) in [5.41, 5.74) is 1.11. The lowest BCUT2D eigenvalue weighted by Crippen LogP contribution is -2.14. The van der Waals surface area contributed by atoms with E-state index in [0.717, 1.165) is 34.1 Å². The topological polar surface area (TPSA) is 25.2 Å². The zero-order chi connectivity index (χ0) is 11.7. The third-order valence-corrected chi connectivity index (χ3v) is 3.41. The number of hydrogen-bond acceptors (Lipinski definition) is 2. The summed E-state index contributed by atoms with van der Waals surface area (Å²) in [7, 11) is 0. The fourth-order valence-corrected chi connectivity index (χ4v) is 2.20. The van der Waals surface area contributed by atoms with Crippen LogP contribution in [0.1, 0.15) is 18.6 Å². The maximum Gasteiger partial charge on any atom is 0.134 e. The molecule has 2 nitrogen and oxygen atoms in total. The van der Waals surface area contributed by atoms with Gasteiger partial charge in [-0.05, 0) is 37.1 Å². The average molecular weight is 292 g/mol. The molecule has 0 bridgehead atoms. The minimum absolute atomic E-state index is 0.717. The van der Waals surface area contributed by atoms with E-state index in [9.17, 15) is 0 Å². The quantitative estimate of drug-likeness (QED) is 0.922. The van der Waals surface area contributed by atoms with E-state index in [2.05, 4.69) is 33.4 Å². The van der Waals surface area contributed by atoms with E-state index >= 15 is 0 Å².